The average molecular weight is 385 g/mol. The lowest BCUT2D eigenvalue weighted by Crippen LogP contribution is -2.40. The topological polar surface area (TPSA) is 77.4 Å². The molecule has 2 fully saturated rings. The number of benzene rings is 1. The van der Waals surface area contributed by atoms with E-state index in [1.165, 1.54) is 16.5 Å². The van der Waals surface area contributed by atoms with Crippen LogP contribution >= 0.6 is 0 Å². The van der Waals surface area contributed by atoms with E-state index in [2.05, 4.69) is 35.5 Å². The second-order valence-corrected chi connectivity index (χ2v) is 9.05. The second-order valence-electron chi connectivity index (χ2n) is 9.05. The molecule has 7 heteroatoms. The van der Waals surface area contributed by atoms with Crippen LogP contribution in [0, 0.1) is 23.7 Å². The molecule has 1 saturated carbocycles. The summed E-state index contributed by atoms with van der Waals surface area (Å²) in [5, 5.41) is 1.21. The molecule has 2 aliphatic rings. The number of fused-ring (bicyclic) bond motifs is 2. The number of aromatic nitrogens is 1. The number of aryl methyl sites for hydroxylation is 1. The van der Waals surface area contributed by atoms with Crippen LogP contribution < -0.4 is 5.43 Å². The Morgan fingerprint density at radius 2 is 2.04 bits per heavy atom. The van der Waals surface area contributed by atoms with Crippen molar-refractivity contribution >= 4 is 17.0 Å². The number of rotatable bonds is 5. The zero-order valence-electron chi connectivity index (χ0n) is 17.0. The smallest absolute Gasteiger partial charge is 0.410 e. The highest BCUT2D eigenvalue weighted by molar-refractivity contribution is 5.83. The predicted octanol–water partition coefficient (Wildman–Crippen LogP) is 3.17. The summed E-state index contributed by atoms with van der Waals surface area (Å²) < 4.78 is 5.41. The van der Waals surface area contributed by atoms with E-state index in [4.69, 9.17) is 4.74 Å². The number of carbonyl (C=O) groups excluding carboxylic acids is 1. The highest BCUT2D eigenvalue weighted by atomic mass is 16.6. The molecule has 150 valence electrons. The Hall–Kier alpha value is -2.57. The number of likely N-dealkylation sites (tertiary alicyclic amines) is 1. The molecule has 0 spiro atoms. The quantitative estimate of drug-likeness (QED) is 0.612. The Bertz CT molecular complexity index is 902. The Kier molecular flexibility index (Phi) is 4.56. The van der Waals surface area contributed by atoms with Crippen LogP contribution in [0.4, 0.5) is 4.79 Å². The molecule has 3 atom stereocenters. The molecule has 2 heterocycles. The number of hydrazine groups is 1. The van der Waals surface area contributed by atoms with E-state index in [0.717, 1.165) is 16.8 Å². The number of carbonyl (C=O) groups is 1. The summed E-state index contributed by atoms with van der Waals surface area (Å²) in [5.41, 5.74) is 6.08. The summed E-state index contributed by atoms with van der Waals surface area (Å²) in [6.45, 7) is 9.47. The number of nitrogens with one attached hydrogen (secondary N) is 2. The van der Waals surface area contributed by atoms with E-state index < -0.39 is 5.60 Å². The van der Waals surface area contributed by atoms with Crippen molar-refractivity contribution in [3.63, 3.8) is 0 Å². The lowest BCUT2D eigenvalue weighted by molar-refractivity contribution is -0.625. The standard InChI is InChI=1S/C21H29N4O3/c1-13-5-6-15-14(10-22-18(15)9-13)7-8-23-25(27)19-16-11-24(12-17(16)19)20(26)28-21(2,3)4/h5-6,9-10,16-17,19,22H,7-8,11-12H2,1-4H3,(H,23,27)/q+1/t16-,17+,19?. The fraction of sp³-hybridized carbons (Fsp3) is 0.571. The number of nitrogens with zero attached hydrogens (tertiary/aromatic N) is 2. The zero-order chi connectivity index (χ0) is 20.1. The van der Waals surface area contributed by atoms with Gasteiger partial charge in [0.25, 0.3) is 0 Å². The number of ether oxygens (including phenoxy) is 1. The largest absolute Gasteiger partial charge is 0.444 e. The Morgan fingerprint density at radius 3 is 2.71 bits per heavy atom. The van der Waals surface area contributed by atoms with Crippen LogP contribution in [0.25, 0.3) is 10.9 Å². The van der Waals surface area contributed by atoms with Crippen molar-refractivity contribution in [1.82, 2.24) is 15.3 Å². The number of amides is 1. The van der Waals surface area contributed by atoms with Crippen LogP contribution in [-0.2, 0) is 11.2 Å². The van der Waals surface area contributed by atoms with Crippen molar-refractivity contribution in [1.29, 1.82) is 0 Å². The minimum Gasteiger partial charge on any atom is -0.444 e. The van der Waals surface area contributed by atoms with Gasteiger partial charge in [-0.25, -0.2) is 4.79 Å². The van der Waals surface area contributed by atoms with E-state index in [0.29, 0.717) is 19.6 Å². The van der Waals surface area contributed by atoms with Gasteiger partial charge < -0.3 is 14.6 Å². The lowest BCUT2D eigenvalue weighted by Gasteiger charge is -2.25. The first kappa shape index (κ1) is 18.8. The van der Waals surface area contributed by atoms with Crippen molar-refractivity contribution in [2.24, 2.45) is 11.8 Å². The van der Waals surface area contributed by atoms with Gasteiger partial charge >= 0.3 is 6.09 Å². The minimum atomic E-state index is -0.490. The lowest BCUT2D eigenvalue weighted by atomic mass is 10.1. The maximum absolute atomic E-state index is 12.4. The third-order valence-electron chi connectivity index (χ3n) is 5.66. The van der Waals surface area contributed by atoms with E-state index >= 15 is 0 Å². The van der Waals surface area contributed by atoms with Crippen molar-refractivity contribution in [3.05, 3.63) is 40.4 Å². The number of piperidine rings is 1. The van der Waals surface area contributed by atoms with E-state index in [-0.39, 0.29) is 24.0 Å². The van der Waals surface area contributed by atoms with Crippen LogP contribution in [0.15, 0.2) is 24.4 Å². The molecule has 28 heavy (non-hydrogen) atoms. The highest BCUT2D eigenvalue weighted by Crippen LogP contribution is 2.47. The number of aromatic amines is 1. The van der Waals surface area contributed by atoms with Gasteiger partial charge in [-0.05, 0) is 51.3 Å². The molecule has 2 N–H and O–H groups in total. The number of hydrogen-bond donors (Lipinski definition) is 2. The summed E-state index contributed by atoms with van der Waals surface area (Å²) in [5.74, 6) is 0.488. The van der Waals surface area contributed by atoms with Gasteiger partial charge in [-0.15, -0.1) is 0 Å². The summed E-state index contributed by atoms with van der Waals surface area (Å²) in [4.78, 5) is 30.6. The molecule has 1 saturated heterocycles. The molecule has 0 radical (unpaired) electrons. The van der Waals surface area contributed by atoms with Gasteiger partial charge in [-0.1, -0.05) is 12.1 Å². The molecular formula is C21H29N4O3+. The maximum Gasteiger partial charge on any atom is 0.410 e. The fourth-order valence-electron chi connectivity index (χ4n) is 4.23. The first-order valence-electron chi connectivity index (χ1n) is 9.97. The second kappa shape index (κ2) is 6.79. The van der Waals surface area contributed by atoms with Crippen LogP contribution in [0.5, 0.6) is 0 Å². The number of H-pyrrole nitrogens is 1. The molecule has 1 unspecified atom stereocenters. The number of nitroso groups, excluding NO2 is 1. The highest BCUT2D eigenvalue weighted by Gasteiger charge is 2.67. The number of hydrogen-bond acceptors (Lipinski definition) is 3. The normalized spacial score (nSPS) is 23.6. The van der Waals surface area contributed by atoms with Crippen molar-refractivity contribution in [3.8, 4) is 0 Å². The van der Waals surface area contributed by atoms with Crippen LogP contribution in [-0.4, -0.2) is 52.1 Å². The first-order chi connectivity index (χ1) is 13.2. The molecule has 7 nitrogen and oxygen atoms in total. The van der Waals surface area contributed by atoms with Gasteiger partial charge in [-0.3, -0.25) is 0 Å². The van der Waals surface area contributed by atoms with Gasteiger partial charge in [0.1, 0.15) is 10.5 Å². The first-order valence-corrected chi connectivity index (χ1v) is 9.97. The molecule has 1 aromatic carbocycles. The monoisotopic (exact) mass is 385 g/mol. The summed E-state index contributed by atoms with van der Waals surface area (Å²) in [7, 11) is 0. The van der Waals surface area contributed by atoms with Gasteiger partial charge in [-0.2, -0.15) is 5.43 Å². The van der Waals surface area contributed by atoms with Crippen molar-refractivity contribution in [2.45, 2.75) is 45.8 Å². The Labute approximate surface area is 165 Å². The molecule has 1 aliphatic carbocycles. The summed E-state index contributed by atoms with van der Waals surface area (Å²) in [6.07, 6.45) is 2.53. The van der Waals surface area contributed by atoms with Crippen molar-refractivity contribution in [2.75, 3.05) is 19.6 Å². The van der Waals surface area contributed by atoms with Gasteiger partial charge in [0, 0.05) is 30.2 Å². The Morgan fingerprint density at radius 1 is 1.32 bits per heavy atom. The molecule has 1 aliphatic heterocycles. The zero-order valence-corrected chi connectivity index (χ0v) is 17.0. The van der Waals surface area contributed by atoms with Crippen molar-refractivity contribution < 1.29 is 14.4 Å². The summed E-state index contributed by atoms with van der Waals surface area (Å²) in [6, 6.07) is 6.33. The fourth-order valence-corrected chi connectivity index (χ4v) is 4.23. The SMILES string of the molecule is Cc1ccc2c(CCN[N+](=O)C3[C@H]4CN(C(=O)OC(C)(C)C)C[C@@H]34)c[nH]c2c1. The third-order valence-corrected chi connectivity index (χ3v) is 5.66. The minimum absolute atomic E-state index is 0.0377. The average Bonchev–Trinajstić information content (AvgIpc) is 2.93. The molecule has 2 aromatic rings. The van der Waals surface area contributed by atoms with E-state index in [1.807, 2.05) is 27.0 Å². The predicted molar refractivity (Wildman–Crippen MR) is 107 cm³/mol. The maximum atomic E-state index is 12.4. The van der Waals surface area contributed by atoms with Gasteiger partial charge in [0.05, 0.1) is 23.3 Å². The van der Waals surface area contributed by atoms with Crippen LogP contribution in [0.3, 0.4) is 0 Å². The Balaban J connectivity index is 1.24. The molecule has 1 aromatic heterocycles. The van der Waals surface area contributed by atoms with Crippen LogP contribution in [0.2, 0.25) is 0 Å². The van der Waals surface area contributed by atoms with Gasteiger partial charge in [0.2, 0.25) is 6.04 Å². The molecule has 1 amide bonds. The van der Waals surface area contributed by atoms with E-state index in [1.54, 1.807) is 4.90 Å². The van der Waals surface area contributed by atoms with Crippen LogP contribution in [0.1, 0.15) is 31.9 Å². The van der Waals surface area contributed by atoms with Gasteiger partial charge in [0.15, 0.2) is 0 Å². The third kappa shape index (κ3) is 3.70. The van der Waals surface area contributed by atoms with E-state index in [9.17, 15) is 9.70 Å². The summed E-state index contributed by atoms with van der Waals surface area (Å²) >= 11 is 0. The molecule has 4 rings (SSSR count). The molecule has 0 bridgehead atoms. The molecular weight excluding hydrogens is 356 g/mol.